The number of hydrogen-bond acceptors (Lipinski definition) is 4. The van der Waals surface area contributed by atoms with Crippen LogP contribution in [0.3, 0.4) is 0 Å². The largest absolute Gasteiger partial charge is 0.573 e. The third-order valence-corrected chi connectivity index (χ3v) is 1.76. The van der Waals surface area contributed by atoms with Gasteiger partial charge in [0.15, 0.2) is 11.5 Å². The average Bonchev–Trinajstić information content (AvgIpc) is 2.18. The molecular formula is C8H7F5N2O2. The van der Waals surface area contributed by atoms with E-state index in [1.54, 1.807) is 0 Å². The predicted molar refractivity (Wildman–Crippen MR) is 45.4 cm³/mol. The third-order valence-electron chi connectivity index (χ3n) is 1.76. The Balaban J connectivity index is 3.34. The monoisotopic (exact) mass is 258 g/mol. The zero-order chi connectivity index (χ0) is 13.2. The molecular weight excluding hydrogens is 251 g/mol. The van der Waals surface area contributed by atoms with Crippen molar-refractivity contribution in [3.8, 4) is 11.5 Å². The minimum Gasteiger partial charge on any atom is -0.503 e. The van der Waals surface area contributed by atoms with Gasteiger partial charge in [-0.25, -0.2) is 8.78 Å². The zero-order valence-corrected chi connectivity index (χ0v) is 8.13. The van der Waals surface area contributed by atoms with Crippen LogP contribution >= 0.6 is 0 Å². The van der Waals surface area contributed by atoms with Gasteiger partial charge in [0.05, 0.1) is 17.5 Å². The number of aromatic nitrogens is 1. The highest BCUT2D eigenvalue weighted by molar-refractivity contribution is 5.47. The van der Waals surface area contributed by atoms with Gasteiger partial charge in [0, 0.05) is 6.54 Å². The first-order valence-electron chi connectivity index (χ1n) is 4.21. The van der Waals surface area contributed by atoms with Crippen LogP contribution in [-0.2, 0) is 6.54 Å². The highest BCUT2D eigenvalue weighted by atomic mass is 19.4. The second-order valence-corrected chi connectivity index (χ2v) is 2.89. The highest BCUT2D eigenvalue weighted by Crippen LogP contribution is 2.40. The third kappa shape index (κ3) is 3.16. The lowest BCUT2D eigenvalue weighted by atomic mass is 10.1. The molecule has 1 heterocycles. The summed E-state index contributed by atoms with van der Waals surface area (Å²) in [6, 6.07) is 0. The van der Waals surface area contributed by atoms with Gasteiger partial charge in [0.1, 0.15) is 0 Å². The topological polar surface area (TPSA) is 68.4 Å². The van der Waals surface area contributed by atoms with Gasteiger partial charge in [0.25, 0.3) is 6.43 Å². The van der Waals surface area contributed by atoms with Gasteiger partial charge in [0.2, 0.25) is 0 Å². The summed E-state index contributed by atoms with van der Waals surface area (Å²) in [5, 5.41) is 9.06. The Morgan fingerprint density at radius 3 is 2.41 bits per heavy atom. The van der Waals surface area contributed by atoms with Crippen LogP contribution in [0.1, 0.15) is 17.7 Å². The number of hydrogen-bond donors (Lipinski definition) is 2. The number of aromatic hydroxyl groups is 1. The molecule has 0 unspecified atom stereocenters. The lowest BCUT2D eigenvalue weighted by molar-refractivity contribution is -0.275. The molecule has 0 aliphatic rings. The molecule has 17 heavy (non-hydrogen) atoms. The molecule has 0 saturated carbocycles. The zero-order valence-electron chi connectivity index (χ0n) is 8.13. The standard InChI is InChI=1S/C8H7F5N2O2/c9-7(10)5-3(1-14)15-2-4(16)6(5)17-8(11,12)13/h2,7,16H,1,14H2. The van der Waals surface area contributed by atoms with Crippen LogP contribution in [0.4, 0.5) is 22.0 Å². The Labute approximate surface area is 91.8 Å². The number of ether oxygens (including phenoxy) is 1. The summed E-state index contributed by atoms with van der Waals surface area (Å²) in [5.41, 5.74) is 3.42. The predicted octanol–water partition coefficient (Wildman–Crippen LogP) is 2.08. The number of alkyl halides is 5. The molecule has 1 aromatic rings. The van der Waals surface area contributed by atoms with E-state index in [9.17, 15) is 22.0 Å². The summed E-state index contributed by atoms with van der Waals surface area (Å²) < 4.78 is 64.4. The Morgan fingerprint density at radius 1 is 1.41 bits per heavy atom. The van der Waals surface area contributed by atoms with E-state index in [0.717, 1.165) is 0 Å². The van der Waals surface area contributed by atoms with Crippen molar-refractivity contribution in [2.75, 3.05) is 0 Å². The van der Waals surface area contributed by atoms with Crippen LogP contribution < -0.4 is 10.5 Å². The number of nitrogens with two attached hydrogens (primary N) is 1. The highest BCUT2D eigenvalue weighted by Gasteiger charge is 2.36. The molecule has 0 aliphatic carbocycles. The summed E-state index contributed by atoms with van der Waals surface area (Å²) in [5.74, 6) is -2.50. The summed E-state index contributed by atoms with van der Waals surface area (Å²) in [6.45, 7) is -0.506. The Bertz CT molecular complexity index is 408. The van der Waals surface area contributed by atoms with Crippen molar-refractivity contribution in [1.29, 1.82) is 0 Å². The van der Waals surface area contributed by atoms with Gasteiger partial charge in [-0.15, -0.1) is 13.2 Å². The smallest absolute Gasteiger partial charge is 0.503 e. The van der Waals surface area contributed by atoms with Crippen molar-refractivity contribution in [2.24, 2.45) is 5.73 Å². The first-order valence-corrected chi connectivity index (χ1v) is 4.21. The summed E-state index contributed by atoms with van der Waals surface area (Å²) in [4.78, 5) is 3.31. The molecule has 0 amide bonds. The average molecular weight is 258 g/mol. The van der Waals surface area contributed by atoms with Crippen LogP contribution in [-0.4, -0.2) is 16.5 Å². The molecule has 0 bridgehead atoms. The Hall–Kier alpha value is -1.64. The van der Waals surface area contributed by atoms with Crippen LogP contribution in [0.5, 0.6) is 11.5 Å². The van der Waals surface area contributed by atoms with Crippen molar-refractivity contribution in [2.45, 2.75) is 19.3 Å². The molecule has 9 heteroatoms. The summed E-state index contributed by atoms with van der Waals surface area (Å²) >= 11 is 0. The molecule has 1 aromatic heterocycles. The van der Waals surface area contributed by atoms with Gasteiger partial charge in [-0.3, -0.25) is 4.98 Å². The van der Waals surface area contributed by atoms with Gasteiger partial charge in [-0.05, 0) is 0 Å². The second kappa shape index (κ2) is 4.70. The minimum atomic E-state index is -5.20. The van der Waals surface area contributed by atoms with E-state index in [2.05, 4.69) is 9.72 Å². The van der Waals surface area contributed by atoms with E-state index in [-0.39, 0.29) is 0 Å². The molecule has 96 valence electrons. The summed E-state index contributed by atoms with van der Waals surface area (Å²) in [6.07, 6.45) is -7.94. The fraction of sp³-hybridized carbons (Fsp3) is 0.375. The normalized spacial score (nSPS) is 11.9. The first kappa shape index (κ1) is 13.4. The van der Waals surface area contributed by atoms with Gasteiger partial charge >= 0.3 is 6.36 Å². The van der Waals surface area contributed by atoms with Crippen LogP contribution in [0.2, 0.25) is 0 Å². The number of rotatable bonds is 3. The van der Waals surface area contributed by atoms with E-state index >= 15 is 0 Å². The van der Waals surface area contributed by atoms with E-state index in [4.69, 9.17) is 10.8 Å². The molecule has 0 fully saturated rings. The van der Waals surface area contributed by atoms with E-state index < -0.39 is 42.1 Å². The van der Waals surface area contributed by atoms with E-state index in [1.165, 1.54) is 0 Å². The molecule has 0 atom stereocenters. The van der Waals surface area contributed by atoms with Gasteiger partial charge < -0.3 is 15.6 Å². The van der Waals surface area contributed by atoms with Crippen LogP contribution in [0.25, 0.3) is 0 Å². The van der Waals surface area contributed by atoms with Gasteiger partial charge in [-0.1, -0.05) is 0 Å². The fourth-order valence-electron chi connectivity index (χ4n) is 1.15. The molecule has 0 aliphatic heterocycles. The van der Waals surface area contributed by atoms with Crippen molar-refractivity contribution < 1.29 is 31.8 Å². The van der Waals surface area contributed by atoms with Crippen molar-refractivity contribution in [3.63, 3.8) is 0 Å². The Kier molecular flexibility index (Phi) is 3.71. The molecule has 1 rings (SSSR count). The maximum Gasteiger partial charge on any atom is 0.573 e. The van der Waals surface area contributed by atoms with Gasteiger partial charge in [-0.2, -0.15) is 0 Å². The van der Waals surface area contributed by atoms with Crippen LogP contribution in [0.15, 0.2) is 6.20 Å². The number of halogens is 5. The molecule has 3 N–H and O–H groups in total. The number of nitrogens with zero attached hydrogens (tertiary/aromatic N) is 1. The first-order chi connectivity index (χ1) is 7.76. The van der Waals surface area contributed by atoms with Crippen molar-refractivity contribution >= 4 is 0 Å². The maximum absolute atomic E-state index is 12.6. The van der Waals surface area contributed by atoms with E-state index in [1.807, 2.05) is 0 Å². The molecule has 0 spiro atoms. The lowest BCUT2D eigenvalue weighted by Gasteiger charge is -2.16. The molecule has 4 nitrogen and oxygen atoms in total. The second-order valence-electron chi connectivity index (χ2n) is 2.89. The molecule has 0 radical (unpaired) electrons. The minimum absolute atomic E-state index is 0.475. The quantitative estimate of drug-likeness (QED) is 0.814. The fourth-order valence-corrected chi connectivity index (χ4v) is 1.15. The van der Waals surface area contributed by atoms with Crippen LogP contribution in [0, 0.1) is 0 Å². The summed E-state index contributed by atoms with van der Waals surface area (Å²) in [7, 11) is 0. The molecule has 0 saturated heterocycles. The lowest BCUT2D eigenvalue weighted by Crippen LogP contribution is -2.19. The number of pyridine rings is 1. The Morgan fingerprint density at radius 2 is 2.00 bits per heavy atom. The van der Waals surface area contributed by atoms with Crippen molar-refractivity contribution in [1.82, 2.24) is 4.98 Å². The molecule has 0 aromatic carbocycles. The SMILES string of the molecule is NCc1ncc(O)c(OC(F)(F)F)c1C(F)F. The van der Waals surface area contributed by atoms with Crippen molar-refractivity contribution in [3.05, 3.63) is 17.5 Å². The maximum atomic E-state index is 12.6. The van der Waals surface area contributed by atoms with E-state index in [0.29, 0.717) is 6.20 Å².